The molecule has 0 aromatic heterocycles. The molecule has 0 unspecified atom stereocenters. The highest BCUT2D eigenvalue weighted by Crippen LogP contribution is 2.31. The monoisotopic (exact) mass is 278 g/mol. The molecule has 5 nitrogen and oxygen atoms in total. The van der Waals surface area contributed by atoms with E-state index in [-0.39, 0.29) is 17.8 Å². The molecule has 6 heteroatoms. The van der Waals surface area contributed by atoms with Crippen molar-refractivity contribution in [1.82, 2.24) is 4.90 Å². The van der Waals surface area contributed by atoms with Crippen LogP contribution in [-0.4, -0.2) is 51.2 Å². The number of hydrogen-bond acceptors (Lipinski definition) is 3. The fraction of sp³-hybridized carbons (Fsp3) is 0.917. The molecule has 0 aromatic rings. The van der Waals surface area contributed by atoms with Gasteiger partial charge in [0.2, 0.25) is 0 Å². The summed E-state index contributed by atoms with van der Waals surface area (Å²) in [6, 6.07) is 0. The Kier molecular flexibility index (Phi) is 7.47. The highest BCUT2D eigenvalue weighted by atomic mass is 32.2. The van der Waals surface area contributed by atoms with E-state index in [2.05, 4.69) is 4.40 Å². The molecule has 0 fully saturated rings. The number of sulfonamides is 1. The lowest BCUT2D eigenvalue weighted by atomic mass is 9.79. The van der Waals surface area contributed by atoms with E-state index in [1.165, 1.54) is 6.34 Å². The molecule has 0 aliphatic carbocycles. The van der Waals surface area contributed by atoms with Crippen molar-refractivity contribution in [2.75, 3.05) is 26.5 Å². The molecular weight excluding hydrogens is 252 g/mol. The molecule has 0 heterocycles. The standard InChI is InChI=1S/C12H26N2O3S/c1-5-12(6-2,10-15)8-7-9-18(16,17)13-11-14(3)4/h11,15H,5-10H2,1-4H3/b13-11+. The highest BCUT2D eigenvalue weighted by Gasteiger charge is 2.25. The van der Waals surface area contributed by atoms with Crippen LogP contribution >= 0.6 is 0 Å². The summed E-state index contributed by atoms with van der Waals surface area (Å²) >= 11 is 0. The van der Waals surface area contributed by atoms with Gasteiger partial charge in [0.25, 0.3) is 10.0 Å². The van der Waals surface area contributed by atoms with Crippen LogP contribution in [0.4, 0.5) is 0 Å². The van der Waals surface area contributed by atoms with Crippen LogP contribution in [0.5, 0.6) is 0 Å². The maximum absolute atomic E-state index is 11.6. The first-order valence-corrected chi connectivity index (χ1v) is 7.97. The van der Waals surface area contributed by atoms with Gasteiger partial charge in [-0.3, -0.25) is 0 Å². The van der Waals surface area contributed by atoms with Crippen LogP contribution in [0.2, 0.25) is 0 Å². The lowest BCUT2D eigenvalue weighted by Crippen LogP contribution is -2.24. The van der Waals surface area contributed by atoms with Crippen LogP contribution in [0.15, 0.2) is 4.40 Å². The van der Waals surface area contributed by atoms with Crippen molar-refractivity contribution < 1.29 is 13.5 Å². The van der Waals surface area contributed by atoms with Gasteiger partial charge in [0, 0.05) is 20.7 Å². The van der Waals surface area contributed by atoms with Gasteiger partial charge in [-0.15, -0.1) is 0 Å². The lowest BCUT2D eigenvalue weighted by Gasteiger charge is -2.29. The molecule has 0 amide bonds. The average molecular weight is 278 g/mol. The third-order valence-corrected chi connectivity index (χ3v) is 4.60. The fourth-order valence-electron chi connectivity index (χ4n) is 1.75. The Morgan fingerprint density at radius 2 is 1.83 bits per heavy atom. The summed E-state index contributed by atoms with van der Waals surface area (Å²) in [5.41, 5.74) is -0.138. The Hall–Kier alpha value is -0.620. The molecule has 0 rings (SSSR count). The van der Waals surface area contributed by atoms with Crippen molar-refractivity contribution in [3.8, 4) is 0 Å². The number of nitrogens with zero attached hydrogens (tertiary/aromatic N) is 2. The van der Waals surface area contributed by atoms with Gasteiger partial charge in [-0.2, -0.15) is 4.40 Å². The molecule has 0 aromatic carbocycles. The second-order valence-electron chi connectivity index (χ2n) is 4.94. The van der Waals surface area contributed by atoms with Gasteiger partial charge < -0.3 is 10.0 Å². The minimum absolute atomic E-state index is 0.0408. The van der Waals surface area contributed by atoms with Crippen LogP contribution in [0.25, 0.3) is 0 Å². The van der Waals surface area contributed by atoms with E-state index in [0.29, 0.717) is 12.8 Å². The molecular formula is C12H26N2O3S. The van der Waals surface area contributed by atoms with E-state index in [1.807, 2.05) is 13.8 Å². The molecule has 0 spiro atoms. The quantitative estimate of drug-likeness (QED) is 0.512. The maximum atomic E-state index is 11.6. The molecule has 0 bridgehead atoms. The van der Waals surface area contributed by atoms with Gasteiger partial charge in [-0.1, -0.05) is 13.8 Å². The predicted octanol–water partition coefficient (Wildman–Crippen LogP) is 1.49. The number of rotatable bonds is 9. The first kappa shape index (κ1) is 17.4. The van der Waals surface area contributed by atoms with Crippen LogP contribution in [0, 0.1) is 5.41 Å². The SMILES string of the molecule is CCC(CC)(CO)CCCS(=O)(=O)/N=C/N(C)C. The first-order chi connectivity index (χ1) is 8.31. The maximum Gasteiger partial charge on any atom is 0.254 e. The Morgan fingerprint density at radius 3 is 2.22 bits per heavy atom. The predicted molar refractivity (Wildman–Crippen MR) is 75.3 cm³/mol. The van der Waals surface area contributed by atoms with Crippen LogP contribution in [-0.2, 0) is 10.0 Å². The first-order valence-electron chi connectivity index (χ1n) is 6.36. The third-order valence-electron chi connectivity index (χ3n) is 3.38. The van der Waals surface area contributed by atoms with Gasteiger partial charge in [0.05, 0.1) is 5.75 Å². The van der Waals surface area contributed by atoms with Crippen molar-refractivity contribution in [3.05, 3.63) is 0 Å². The van der Waals surface area contributed by atoms with E-state index >= 15 is 0 Å². The van der Waals surface area contributed by atoms with Crippen molar-refractivity contribution in [2.24, 2.45) is 9.81 Å². The zero-order chi connectivity index (χ0) is 14.2. The minimum Gasteiger partial charge on any atom is -0.396 e. The highest BCUT2D eigenvalue weighted by molar-refractivity contribution is 7.90. The summed E-state index contributed by atoms with van der Waals surface area (Å²) in [5.74, 6) is 0.0408. The smallest absolute Gasteiger partial charge is 0.254 e. The van der Waals surface area contributed by atoms with E-state index < -0.39 is 10.0 Å². The van der Waals surface area contributed by atoms with Crippen LogP contribution < -0.4 is 0 Å². The van der Waals surface area contributed by atoms with Crippen molar-refractivity contribution >= 4 is 16.4 Å². The normalized spacial score (nSPS) is 13.2. The molecule has 0 aliphatic heterocycles. The largest absolute Gasteiger partial charge is 0.396 e. The molecule has 1 N–H and O–H groups in total. The average Bonchev–Trinajstić information content (AvgIpc) is 2.33. The second-order valence-corrected chi connectivity index (χ2v) is 6.72. The van der Waals surface area contributed by atoms with Crippen LogP contribution in [0.3, 0.4) is 0 Å². The summed E-state index contributed by atoms with van der Waals surface area (Å²) in [5, 5.41) is 9.40. The summed E-state index contributed by atoms with van der Waals surface area (Å²) < 4.78 is 26.8. The fourth-order valence-corrected chi connectivity index (χ4v) is 2.70. The van der Waals surface area contributed by atoms with Crippen molar-refractivity contribution in [3.63, 3.8) is 0 Å². The zero-order valence-corrected chi connectivity index (χ0v) is 12.7. The second kappa shape index (κ2) is 7.74. The minimum atomic E-state index is -3.38. The van der Waals surface area contributed by atoms with Gasteiger partial charge in [-0.05, 0) is 31.1 Å². The van der Waals surface area contributed by atoms with Gasteiger partial charge in [0.1, 0.15) is 6.34 Å². The summed E-state index contributed by atoms with van der Waals surface area (Å²) in [6.07, 6.45) is 4.28. The van der Waals surface area contributed by atoms with E-state index in [9.17, 15) is 13.5 Å². The van der Waals surface area contributed by atoms with E-state index in [0.717, 1.165) is 12.8 Å². The number of hydrogen-bond donors (Lipinski definition) is 1. The van der Waals surface area contributed by atoms with Gasteiger partial charge in [-0.25, -0.2) is 8.42 Å². The summed E-state index contributed by atoms with van der Waals surface area (Å²) in [4.78, 5) is 1.59. The molecule has 18 heavy (non-hydrogen) atoms. The van der Waals surface area contributed by atoms with Crippen LogP contribution in [0.1, 0.15) is 39.5 Å². The Balaban J connectivity index is 4.34. The topological polar surface area (TPSA) is 70.0 Å². The molecule has 0 saturated heterocycles. The van der Waals surface area contributed by atoms with Gasteiger partial charge >= 0.3 is 0 Å². The van der Waals surface area contributed by atoms with E-state index in [1.54, 1.807) is 19.0 Å². The summed E-state index contributed by atoms with van der Waals surface area (Å²) in [7, 11) is 0.0747. The lowest BCUT2D eigenvalue weighted by molar-refractivity contribution is 0.105. The Labute approximate surface area is 111 Å². The Morgan fingerprint density at radius 1 is 1.28 bits per heavy atom. The molecule has 0 radical (unpaired) electrons. The third kappa shape index (κ3) is 6.35. The molecule has 0 aliphatic rings. The zero-order valence-electron chi connectivity index (χ0n) is 11.9. The van der Waals surface area contributed by atoms with E-state index in [4.69, 9.17) is 0 Å². The van der Waals surface area contributed by atoms with Crippen molar-refractivity contribution in [2.45, 2.75) is 39.5 Å². The Bertz CT molecular complexity index is 338. The van der Waals surface area contributed by atoms with Gasteiger partial charge in [0.15, 0.2) is 0 Å². The molecule has 0 saturated carbocycles. The number of aliphatic hydroxyl groups excluding tert-OH is 1. The summed E-state index contributed by atoms with van der Waals surface area (Å²) in [6.45, 7) is 4.16. The molecule has 108 valence electrons. The molecule has 0 atom stereocenters. The number of aliphatic hydroxyl groups is 1. The van der Waals surface area contributed by atoms with Crippen molar-refractivity contribution in [1.29, 1.82) is 0 Å².